The third kappa shape index (κ3) is 2.31. The van der Waals surface area contributed by atoms with Gasteiger partial charge in [0.05, 0.1) is 25.8 Å². The molecule has 1 heterocycles. The van der Waals surface area contributed by atoms with E-state index in [1.54, 1.807) is 6.07 Å². The molecular formula is C9H9Cl2IN4. The molecule has 0 atom stereocenters. The Morgan fingerprint density at radius 3 is 2.88 bits per heavy atom. The first-order valence-electron chi connectivity index (χ1n) is 4.58. The summed E-state index contributed by atoms with van der Waals surface area (Å²) in [5, 5.41) is 7.14. The fourth-order valence-corrected chi connectivity index (χ4v) is 2.32. The highest BCUT2D eigenvalue weighted by Gasteiger charge is 2.15. The lowest BCUT2D eigenvalue weighted by Crippen LogP contribution is -2.26. The van der Waals surface area contributed by atoms with Crippen molar-refractivity contribution in [2.24, 2.45) is 4.99 Å². The van der Waals surface area contributed by atoms with Gasteiger partial charge in [0, 0.05) is 12.2 Å². The number of benzene rings is 1. The third-order valence-electron chi connectivity index (χ3n) is 2.10. The van der Waals surface area contributed by atoms with Gasteiger partial charge in [0.1, 0.15) is 0 Å². The van der Waals surface area contributed by atoms with Crippen molar-refractivity contribution < 1.29 is 0 Å². The van der Waals surface area contributed by atoms with Gasteiger partial charge in [0.15, 0.2) is 5.96 Å². The number of hydrogen-bond acceptors (Lipinski definition) is 4. The quantitative estimate of drug-likeness (QED) is 0.404. The first-order chi connectivity index (χ1) is 7.59. The van der Waals surface area contributed by atoms with E-state index in [2.05, 4.69) is 38.2 Å². The van der Waals surface area contributed by atoms with Gasteiger partial charge in [-0.3, -0.25) is 4.99 Å². The molecule has 0 unspecified atom stereocenters. The molecule has 0 saturated carbocycles. The van der Waals surface area contributed by atoms with Crippen LogP contribution in [-0.4, -0.2) is 19.0 Å². The van der Waals surface area contributed by atoms with Gasteiger partial charge in [0.25, 0.3) is 0 Å². The second-order valence-corrected chi connectivity index (χ2v) is 5.10. The number of rotatable bonds is 1. The van der Waals surface area contributed by atoms with E-state index >= 15 is 0 Å². The predicted octanol–water partition coefficient (Wildman–Crippen LogP) is 2.55. The van der Waals surface area contributed by atoms with Crippen molar-refractivity contribution in [1.29, 1.82) is 0 Å². The van der Waals surface area contributed by atoms with Gasteiger partial charge in [-0.2, -0.15) is 0 Å². The summed E-state index contributed by atoms with van der Waals surface area (Å²) in [5.41, 5.74) is 6.95. The molecule has 1 aliphatic rings. The minimum atomic E-state index is 0.485. The van der Waals surface area contributed by atoms with Crippen molar-refractivity contribution in [1.82, 2.24) is 5.32 Å². The molecule has 1 aromatic rings. The normalized spacial score (nSPS) is 14.6. The van der Waals surface area contributed by atoms with Crippen molar-refractivity contribution in [3.8, 4) is 0 Å². The summed E-state index contributed by atoms with van der Waals surface area (Å²) in [6.07, 6.45) is 0. The molecule has 4 N–H and O–H groups in total. The predicted molar refractivity (Wildman–Crippen MR) is 77.5 cm³/mol. The van der Waals surface area contributed by atoms with Crippen LogP contribution in [0.15, 0.2) is 11.1 Å². The Hall–Kier alpha value is -0.400. The van der Waals surface area contributed by atoms with Crippen LogP contribution in [0.5, 0.6) is 0 Å². The van der Waals surface area contributed by atoms with Gasteiger partial charge < -0.3 is 16.4 Å². The monoisotopic (exact) mass is 370 g/mol. The molecule has 4 nitrogen and oxygen atoms in total. The zero-order chi connectivity index (χ0) is 11.7. The largest absolute Gasteiger partial charge is 0.398 e. The Morgan fingerprint density at radius 2 is 2.25 bits per heavy atom. The summed E-state index contributed by atoms with van der Waals surface area (Å²) in [5.74, 6) is 0.685. The van der Waals surface area contributed by atoms with Crippen molar-refractivity contribution in [3.05, 3.63) is 19.7 Å². The lowest BCUT2D eigenvalue weighted by Gasteiger charge is -2.13. The second kappa shape index (κ2) is 4.85. The van der Waals surface area contributed by atoms with Gasteiger partial charge in [-0.25, -0.2) is 0 Å². The maximum Gasteiger partial charge on any atom is 0.196 e. The molecule has 7 heteroatoms. The molecule has 0 aromatic heterocycles. The molecule has 16 heavy (non-hydrogen) atoms. The Bertz CT molecular complexity index is 461. The van der Waals surface area contributed by atoms with Crippen LogP contribution in [0.3, 0.4) is 0 Å². The SMILES string of the molecule is Nc1cc(Cl)c(NC2=NCCN2)c(Cl)c1I. The van der Waals surface area contributed by atoms with E-state index in [0.29, 0.717) is 27.4 Å². The van der Waals surface area contributed by atoms with E-state index in [0.717, 1.165) is 16.7 Å². The fraction of sp³-hybridized carbons (Fsp3) is 0.222. The highest BCUT2D eigenvalue weighted by Crippen LogP contribution is 2.37. The summed E-state index contributed by atoms with van der Waals surface area (Å²) < 4.78 is 0.782. The molecule has 0 radical (unpaired) electrons. The van der Waals surface area contributed by atoms with Gasteiger partial charge in [-0.1, -0.05) is 23.2 Å². The fourth-order valence-electron chi connectivity index (χ4n) is 1.33. The summed E-state index contributed by atoms with van der Waals surface area (Å²) in [4.78, 5) is 4.21. The summed E-state index contributed by atoms with van der Waals surface area (Å²) in [6, 6.07) is 1.67. The maximum absolute atomic E-state index is 6.16. The Labute approximate surface area is 117 Å². The van der Waals surface area contributed by atoms with E-state index in [9.17, 15) is 0 Å². The molecule has 0 amide bonds. The molecule has 0 spiro atoms. The number of nitrogens with one attached hydrogen (secondary N) is 2. The molecule has 1 aromatic carbocycles. The summed E-state index contributed by atoms with van der Waals surface area (Å²) in [6.45, 7) is 1.58. The van der Waals surface area contributed by atoms with Crippen LogP contribution in [0.2, 0.25) is 10.0 Å². The third-order valence-corrected chi connectivity index (χ3v) is 4.26. The molecule has 0 fully saturated rings. The zero-order valence-electron chi connectivity index (χ0n) is 8.15. The molecule has 1 aliphatic heterocycles. The van der Waals surface area contributed by atoms with E-state index < -0.39 is 0 Å². The average Bonchev–Trinajstić information content (AvgIpc) is 2.74. The van der Waals surface area contributed by atoms with E-state index in [4.69, 9.17) is 28.9 Å². The summed E-state index contributed by atoms with van der Waals surface area (Å²) >= 11 is 14.3. The van der Waals surface area contributed by atoms with Crippen LogP contribution >= 0.6 is 45.8 Å². The number of nitrogens with two attached hydrogens (primary N) is 1. The van der Waals surface area contributed by atoms with Gasteiger partial charge in [0.2, 0.25) is 0 Å². The number of hydrogen-bond donors (Lipinski definition) is 3. The second-order valence-electron chi connectivity index (χ2n) is 3.23. The van der Waals surface area contributed by atoms with E-state index in [1.807, 2.05) is 0 Å². The topological polar surface area (TPSA) is 62.4 Å². The molecule has 0 aliphatic carbocycles. The van der Waals surface area contributed by atoms with Crippen LogP contribution in [0.25, 0.3) is 0 Å². The molecule has 0 bridgehead atoms. The molecular weight excluding hydrogens is 362 g/mol. The van der Waals surface area contributed by atoms with Gasteiger partial charge >= 0.3 is 0 Å². The van der Waals surface area contributed by atoms with Gasteiger partial charge in [-0.05, 0) is 28.7 Å². The van der Waals surface area contributed by atoms with Crippen LogP contribution < -0.4 is 16.4 Å². The number of aliphatic imine (C=N–C) groups is 1. The smallest absolute Gasteiger partial charge is 0.196 e. The highest BCUT2D eigenvalue weighted by atomic mass is 127. The van der Waals surface area contributed by atoms with Crippen molar-refractivity contribution >= 4 is 63.1 Å². The lowest BCUT2D eigenvalue weighted by atomic mass is 10.3. The molecule has 0 saturated heterocycles. The molecule has 86 valence electrons. The molecule has 2 rings (SSSR count). The van der Waals surface area contributed by atoms with Gasteiger partial charge in [-0.15, -0.1) is 0 Å². The number of halogens is 3. The van der Waals surface area contributed by atoms with E-state index in [-0.39, 0.29) is 0 Å². The minimum Gasteiger partial charge on any atom is -0.398 e. The van der Waals surface area contributed by atoms with Crippen LogP contribution in [-0.2, 0) is 0 Å². The average molecular weight is 371 g/mol. The Balaban J connectivity index is 2.36. The van der Waals surface area contributed by atoms with Crippen molar-refractivity contribution in [2.45, 2.75) is 0 Å². The first-order valence-corrected chi connectivity index (χ1v) is 6.41. The zero-order valence-corrected chi connectivity index (χ0v) is 11.8. The number of guanidine groups is 1. The number of nitrogen functional groups attached to an aromatic ring is 1. The Morgan fingerprint density at radius 1 is 1.50 bits per heavy atom. The van der Waals surface area contributed by atoms with E-state index in [1.165, 1.54) is 0 Å². The van der Waals surface area contributed by atoms with Crippen LogP contribution in [0, 0.1) is 3.57 Å². The maximum atomic E-state index is 6.16. The number of anilines is 2. The minimum absolute atomic E-state index is 0.485. The van der Waals surface area contributed by atoms with Crippen LogP contribution in [0.4, 0.5) is 11.4 Å². The van der Waals surface area contributed by atoms with Crippen molar-refractivity contribution in [3.63, 3.8) is 0 Å². The number of nitrogens with zero attached hydrogens (tertiary/aromatic N) is 1. The van der Waals surface area contributed by atoms with Crippen molar-refractivity contribution in [2.75, 3.05) is 24.1 Å². The summed E-state index contributed by atoms with van der Waals surface area (Å²) in [7, 11) is 0. The highest BCUT2D eigenvalue weighted by molar-refractivity contribution is 14.1. The first kappa shape index (κ1) is 12.1. The standard InChI is InChI=1S/C9H9Cl2IN4/c10-4-3-5(13)7(12)6(11)8(4)16-9-14-1-2-15-9/h3H,1-2,13H2,(H2,14,15,16). The Kier molecular flexibility index (Phi) is 3.66. The lowest BCUT2D eigenvalue weighted by molar-refractivity contribution is 0.959. The van der Waals surface area contributed by atoms with Crippen LogP contribution in [0.1, 0.15) is 0 Å².